The molecule has 1 atom stereocenters. The first-order chi connectivity index (χ1) is 11.1. The van der Waals surface area contributed by atoms with Gasteiger partial charge in [-0.3, -0.25) is 10.1 Å². The molecule has 1 aromatic rings. The van der Waals surface area contributed by atoms with Gasteiger partial charge in [-0.15, -0.1) is 0 Å². The molecule has 0 bridgehead atoms. The van der Waals surface area contributed by atoms with Gasteiger partial charge in [0.05, 0.1) is 44.3 Å². The van der Waals surface area contributed by atoms with E-state index in [0.717, 1.165) is 51.3 Å². The number of benzene rings is 1. The maximum Gasteiger partial charge on any atom is 0.292 e. The Labute approximate surface area is 136 Å². The Bertz CT molecular complexity index is 552. The number of likely N-dealkylation sites (N-methyl/N-ethyl adjacent to an activating group) is 1. The third kappa shape index (κ3) is 3.92. The fourth-order valence-electron chi connectivity index (χ4n) is 3.20. The molecule has 0 spiro atoms. The summed E-state index contributed by atoms with van der Waals surface area (Å²) in [5.74, 6) is 0. The Kier molecular flexibility index (Phi) is 4.97. The number of nitro benzene ring substituents is 1. The maximum atomic E-state index is 11.3. The van der Waals surface area contributed by atoms with Crippen LogP contribution in [0, 0.1) is 10.1 Å². The van der Waals surface area contributed by atoms with Crippen molar-refractivity contribution in [3.05, 3.63) is 28.3 Å². The van der Waals surface area contributed by atoms with Crippen LogP contribution < -0.4 is 15.1 Å². The number of hydrogen-bond acceptors (Lipinski definition) is 5. The van der Waals surface area contributed by atoms with Crippen molar-refractivity contribution in [3.8, 4) is 0 Å². The molecule has 126 valence electrons. The van der Waals surface area contributed by atoms with Crippen molar-refractivity contribution in [1.82, 2.24) is 0 Å². The Balaban J connectivity index is 1.74. The molecule has 7 heteroatoms. The molecule has 0 aromatic heterocycles. The summed E-state index contributed by atoms with van der Waals surface area (Å²) in [6, 6.07) is 5.38. The Morgan fingerprint density at radius 1 is 1.43 bits per heavy atom. The summed E-state index contributed by atoms with van der Waals surface area (Å²) >= 11 is 0. The maximum absolute atomic E-state index is 11.3. The Morgan fingerprint density at radius 2 is 2.22 bits per heavy atom. The third-order valence-corrected chi connectivity index (χ3v) is 4.70. The van der Waals surface area contributed by atoms with Crippen molar-refractivity contribution in [1.29, 1.82) is 0 Å². The topological polar surface area (TPSA) is 72.1 Å². The van der Waals surface area contributed by atoms with E-state index < -0.39 is 0 Å². The lowest BCUT2D eigenvalue weighted by Crippen LogP contribution is -3.12. The Morgan fingerprint density at radius 3 is 2.87 bits per heavy atom. The highest BCUT2D eigenvalue weighted by atomic mass is 16.6. The third-order valence-electron chi connectivity index (χ3n) is 4.70. The summed E-state index contributed by atoms with van der Waals surface area (Å²) in [7, 11) is 2.20. The normalized spacial score (nSPS) is 22.3. The van der Waals surface area contributed by atoms with Crippen molar-refractivity contribution in [2.24, 2.45) is 0 Å². The van der Waals surface area contributed by atoms with Crippen LogP contribution in [0.4, 0.5) is 17.1 Å². The molecule has 0 saturated carbocycles. The lowest BCUT2D eigenvalue weighted by atomic mass is 10.2. The van der Waals surface area contributed by atoms with Crippen LogP contribution in [0.25, 0.3) is 0 Å². The van der Waals surface area contributed by atoms with Crippen LogP contribution in [-0.2, 0) is 4.74 Å². The summed E-state index contributed by atoms with van der Waals surface area (Å²) < 4.78 is 5.59. The highest BCUT2D eigenvalue weighted by molar-refractivity contribution is 5.69. The second kappa shape index (κ2) is 7.14. The van der Waals surface area contributed by atoms with E-state index in [1.807, 2.05) is 12.1 Å². The molecule has 2 saturated heterocycles. The van der Waals surface area contributed by atoms with Gasteiger partial charge in [0.15, 0.2) is 0 Å². The van der Waals surface area contributed by atoms with E-state index in [0.29, 0.717) is 12.2 Å². The molecule has 2 fully saturated rings. The first-order valence-corrected chi connectivity index (χ1v) is 8.33. The average Bonchev–Trinajstić information content (AvgIpc) is 3.06. The number of nitrogens with zero attached hydrogens (tertiary/aromatic N) is 2. The van der Waals surface area contributed by atoms with Gasteiger partial charge in [0, 0.05) is 24.9 Å². The number of rotatable bonds is 5. The number of quaternary nitrogens is 1. The summed E-state index contributed by atoms with van der Waals surface area (Å²) in [5, 5.41) is 14.5. The molecule has 0 aliphatic carbocycles. The number of anilines is 2. The van der Waals surface area contributed by atoms with Gasteiger partial charge in [-0.05, 0) is 25.0 Å². The molecule has 2 aliphatic rings. The molecule has 0 amide bonds. The summed E-state index contributed by atoms with van der Waals surface area (Å²) in [4.78, 5) is 14.8. The minimum Gasteiger partial charge on any atom is -0.377 e. The zero-order valence-electron chi connectivity index (χ0n) is 13.6. The van der Waals surface area contributed by atoms with E-state index in [1.54, 1.807) is 6.07 Å². The standard InChI is InChI=1S/C16H24N4O3/c1-18-6-8-19(9-7-18)13-4-5-16(20(21)22)15(11-13)17-12-14-3-2-10-23-14/h4-5,11,14,17H,2-3,6-10,12H2,1H3/p+1/t14-/m1/s1. The van der Waals surface area contributed by atoms with Crippen molar-refractivity contribution >= 4 is 17.1 Å². The smallest absolute Gasteiger partial charge is 0.292 e. The zero-order valence-corrected chi connectivity index (χ0v) is 13.6. The van der Waals surface area contributed by atoms with Gasteiger partial charge in [0.1, 0.15) is 5.69 Å². The molecule has 2 heterocycles. The minimum atomic E-state index is -0.324. The monoisotopic (exact) mass is 321 g/mol. The number of nitro groups is 1. The van der Waals surface area contributed by atoms with Crippen molar-refractivity contribution in [3.63, 3.8) is 0 Å². The SMILES string of the molecule is C[NH+]1CCN(c2ccc([N+](=O)[O-])c(NC[C@H]3CCCO3)c2)CC1. The highest BCUT2D eigenvalue weighted by Gasteiger charge is 2.22. The van der Waals surface area contributed by atoms with Gasteiger partial charge in [-0.2, -0.15) is 0 Å². The lowest BCUT2D eigenvalue weighted by molar-refractivity contribution is -0.880. The fraction of sp³-hybridized carbons (Fsp3) is 0.625. The number of hydrogen-bond donors (Lipinski definition) is 2. The molecule has 0 unspecified atom stereocenters. The van der Waals surface area contributed by atoms with Crippen LogP contribution in [0.15, 0.2) is 18.2 Å². The van der Waals surface area contributed by atoms with E-state index in [2.05, 4.69) is 17.3 Å². The van der Waals surface area contributed by atoms with Crippen LogP contribution in [0.5, 0.6) is 0 Å². The molecule has 23 heavy (non-hydrogen) atoms. The average molecular weight is 321 g/mol. The van der Waals surface area contributed by atoms with Gasteiger partial charge in [0.25, 0.3) is 5.69 Å². The molecule has 2 aliphatic heterocycles. The molecular weight excluding hydrogens is 296 g/mol. The molecule has 7 nitrogen and oxygen atoms in total. The lowest BCUT2D eigenvalue weighted by Gasteiger charge is -2.32. The summed E-state index contributed by atoms with van der Waals surface area (Å²) in [5.41, 5.74) is 1.78. The molecule has 3 rings (SSSR count). The van der Waals surface area contributed by atoms with Crippen LogP contribution in [0.3, 0.4) is 0 Å². The minimum absolute atomic E-state index is 0.131. The van der Waals surface area contributed by atoms with Crippen LogP contribution in [0.2, 0.25) is 0 Å². The van der Waals surface area contributed by atoms with Crippen molar-refractivity contribution in [2.45, 2.75) is 18.9 Å². The van der Waals surface area contributed by atoms with Gasteiger partial charge in [-0.25, -0.2) is 0 Å². The molecule has 1 aromatic carbocycles. The zero-order chi connectivity index (χ0) is 16.2. The molecule has 0 radical (unpaired) electrons. The second-order valence-corrected chi connectivity index (χ2v) is 6.42. The van der Waals surface area contributed by atoms with Crippen LogP contribution in [-0.4, -0.2) is 57.4 Å². The quantitative estimate of drug-likeness (QED) is 0.611. The molecule has 2 N–H and O–H groups in total. The largest absolute Gasteiger partial charge is 0.377 e. The predicted octanol–water partition coefficient (Wildman–Crippen LogP) is 0.520. The first kappa shape index (κ1) is 16.0. The van der Waals surface area contributed by atoms with Gasteiger partial charge in [0.2, 0.25) is 0 Å². The predicted molar refractivity (Wildman–Crippen MR) is 89.4 cm³/mol. The highest BCUT2D eigenvalue weighted by Crippen LogP contribution is 2.30. The van der Waals surface area contributed by atoms with Gasteiger partial charge < -0.3 is 19.9 Å². The van der Waals surface area contributed by atoms with E-state index in [-0.39, 0.29) is 16.7 Å². The van der Waals surface area contributed by atoms with E-state index in [9.17, 15) is 10.1 Å². The summed E-state index contributed by atoms with van der Waals surface area (Å²) in [6.07, 6.45) is 2.24. The number of nitrogens with one attached hydrogen (secondary N) is 2. The summed E-state index contributed by atoms with van der Waals surface area (Å²) in [6.45, 7) is 5.56. The number of piperazine rings is 1. The van der Waals surface area contributed by atoms with Gasteiger partial charge >= 0.3 is 0 Å². The van der Waals surface area contributed by atoms with E-state index in [1.165, 1.54) is 4.90 Å². The van der Waals surface area contributed by atoms with E-state index >= 15 is 0 Å². The first-order valence-electron chi connectivity index (χ1n) is 8.33. The van der Waals surface area contributed by atoms with E-state index in [4.69, 9.17) is 4.74 Å². The second-order valence-electron chi connectivity index (χ2n) is 6.42. The van der Waals surface area contributed by atoms with Crippen molar-refractivity contribution < 1.29 is 14.6 Å². The fourth-order valence-corrected chi connectivity index (χ4v) is 3.20. The van der Waals surface area contributed by atoms with Crippen LogP contribution >= 0.6 is 0 Å². The Hall–Kier alpha value is -1.86. The van der Waals surface area contributed by atoms with Crippen LogP contribution in [0.1, 0.15) is 12.8 Å². The molecular formula is C16H25N4O3+. The van der Waals surface area contributed by atoms with Crippen molar-refractivity contribution in [2.75, 3.05) is 56.6 Å². The number of ether oxygens (including phenoxy) is 1. The van der Waals surface area contributed by atoms with Gasteiger partial charge in [-0.1, -0.05) is 0 Å².